The molecular weight excluding hydrogens is 221 g/mol. The Kier molecular flexibility index (Phi) is 4.03. The fourth-order valence-corrected chi connectivity index (χ4v) is 1.19. The predicted molar refractivity (Wildman–Crippen MR) is 53.1 cm³/mol. The zero-order valence-electron chi connectivity index (χ0n) is 9.10. The molecule has 1 aromatic rings. The lowest BCUT2D eigenvalue weighted by Gasteiger charge is -2.09. The minimum Gasteiger partial charge on any atom is -0.344 e. The van der Waals surface area contributed by atoms with Crippen LogP contribution >= 0.6 is 0 Å². The van der Waals surface area contributed by atoms with Crippen molar-refractivity contribution in [2.45, 2.75) is 32.9 Å². The number of hydrogen-bond donors (Lipinski definition) is 1. The standard InChI is InChI=1S/C9H13F3N4/c1-3-6-7(4-2)15-16-8(14-6)13-5-9(10,11)12/h3-5H2,1-2H3,(H,13,14,16). The van der Waals surface area contributed by atoms with Crippen LogP contribution in [0.2, 0.25) is 0 Å². The predicted octanol–water partition coefficient (Wildman–Crippen LogP) is 1.97. The van der Waals surface area contributed by atoms with E-state index in [0.717, 1.165) is 5.69 Å². The first-order valence-electron chi connectivity index (χ1n) is 4.99. The lowest BCUT2D eigenvalue weighted by molar-refractivity contribution is -0.115. The van der Waals surface area contributed by atoms with Gasteiger partial charge < -0.3 is 5.32 Å². The van der Waals surface area contributed by atoms with E-state index >= 15 is 0 Å². The molecule has 0 aliphatic heterocycles. The maximum Gasteiger partial charge on any atom is 0.405 e. The first-order chi connectivity index (χ1) is 7.46. The fraction of sp³-hybridized carbons (Fsp3) is 0.667. The Morgan fingerprint density at radius 2 is 1.69 bits per heavy atom. The molecule has 90 valence electrons. The largest absolute Gasteiger partial charge is 0.405 e. The quantitative estimate of drug-likeness (QED) is 0.865. The number of nitrogens with zero attached hydrogens (tertiary/aromatic N) is 3. The van der Waals surface area contributed by atoms with Crippen LogP contribution in [0.3, 0.4) is 0 Å². The first-order valence-corrected chi connectivity index (χ1v) is 4.99. The van der Waals surface area contributed by atoms with Crippen molar-refractivity contribution in [2.24, 2.45) is 0 Å². The minimum atomic E-state index is -4.28. The number of rotatable bonds is 4. The van der Waals surface area contributed by atoms with Crippen LogP contribution in [0.4, 0.5) is 19.1 Å². The Hall–Kier alpha value is -1.40. The van der Waals surface area contributed by atoms with Gasteiger partial charge in [-0.25, -0.2) is 4.98 Å². The SMILES string of the molecule is CCc1nnc(NCC(F)(F)F)nc1CC. The highest BCUT2D eigenvalue weighted by Gasteiger charge is 2.27. The van der Waals surface area contributed by atoms with Crippen molar-refractivity contribution in [2.75, 3.05) is 11.9 Å². The van der Waals surface area contributed by atoms with Crippen LogP contribution in [-0.4, -0.2) is 27.9 Å². The second-order valence-electron chi connectivity index (χ2n) is 3.20. The average Bonchev–Trinajstić information content (AvgIpc) is 2.25. The lowest BCUT2D eigenvalue weighted by Crippen LogP contribution is -2.23. The van der Waals surface area contributed by atoms with E-state index in [0.29, 0.717) is 18.5 Å². The summed E-state index contributed by atoms with van der Waals surface area (Å²) in [6.45, 7) is 2.62. The molecular formula is C9H13F3N4. The number of hydrogen-bond acceptors (Lipinski definition) is 4. The molecule has 0 saturated carbocycles. The lowest BCUT2D eigenvalue weighted by atomic mass is 10.2. The summed E-state index contributed by atoms with van der Waals surface area (Å²) in [5, 5.41) is 9.52. The van der Waals surface area contributed by atoms with Gasteiger partial charge in [-0.05, 0) is 12.8 Å². The summed E-state index contributed by atoms with van der Waals surface area (Å²) in [6.07, 6.45) is -2.98. The van der Waals surface area contributed by atoms with Gasteiger partial charge in [-0.1, -0.05) is 13.8 Å². The van der Waals surface area contributed by atoms with Crippen molar-refractivity contribution in [1.29, 1.82) is 0 Å². The third kappa shape index (κ3) is 3.63. The molecule has 0 fully saturated rings. The molecule has 0 amide bonds. The molecule has 1 heterocycles. The van der Waals surface area contributed by atoms with Crippen LogP contribution < -0.4 is 5.32 Å². The van der Waals surface area contributed by atoms with E-state index in [1.54, 1.807) is 0 Å². The van der Waals surface area contributed by atoms with Gasteiger partial charge >= 0.3 is 6.18 Å². The molecule has 16 heavy (non-hydrogen) atoms. The highest BCUT2D eigenvalue weighted by atomic mass is 19.4. The number of aromatic nitrogens is 3. The molecule has 1 rings (SSSR count). The Morgan fingerprint density at radius 1 is 1.06 bits per heavy atom. The van der Waals surface area contributed by atoms with Gasteiger partial charge in [0.15, 0.2) is 0 Å². The normalized spacial score (nSPS) is 11.6. The molecule has 0 saturated heterocycles. The fourth-order valence-electron chi connectivity index (χ4n) is 1.19. The van der Waals surface area contributed by atoms with Crippen molar-refractivity contribution in [3.05, 3.63) is 11.4 Å². The summed E-state index contributed by atoms with van der Waals surface area (Å²) in [7, 11) is 0. The van der Waals surface area contributed by atoms with Crippen LogP contribution in [-0.2, 0) is 12.8 Å². The van der Waals surface area contributed by atoms with Gasteiger partial charge in [0.2, 0.25) is 5.95 Å². The van der Waals surface area contributed by atoms with Gasteiger partial charge in [0.05, 0.1) is 11.4 Å². The number of alkyl halides is 3. The molecule has 1 aromatic heterocycles. The van der Waals surface area contributed by atoms with E-state index in [9.17, 15) is 13.2 Å². The maximum absolute atomic E-state index is 11.9. The summed E-state index contributed by atoms with van der Waals surface area (Å²) in [5.41, 5.74) is 1.40. The van der Waals surface area contributed by atoms with E-state index in [4.69, 9.17) is 0 Å². The average molecular weight is 234 g/mol. The van der Waals surface area contributed by atoms with Gasteiger partial charge in [0.25, 0.3) is 0 Å². The molecule has 0 radical (unpaired) electrons. The van der Waals surface area contributed by atoms with Gasteiger partial charge in [0, 0.05) is 0 Å². The molecule has 0 unspecified atom stereocenters. The monoisotopic (exact) mass is 234 g/mol. The maximum atomic E-state index is 11.9. The molecule has 7 heteroatoms. The third-order valence-electron chi connectivity index (χ3n) is 1.96. The van der Waals surface area contributed by atoms with Crippen molar-refractivity contribution in [1.82, 2.24) is 15.2 Å². The summed E-state index contributed by atoms with van der Waals surface area (Å²) in [5.74, 6) is -0.0774. The summed E-state index contributed by atoms with van der Waals surface area (Å²) in [4.78, 5) is 3.98. The molecule has 0 aromatic carbocycles. The first kappa shape index (κ1) is 12.7. The summed E-state index contributed by atoms with van der Waals surface area (Å²) >= 11 is 0. The summed E-state index contributed by atoms with van der Waals surface area (Å²) in [6, 6.07) is 0. The molecule has 0 aliphatic carbocycles. The Balaban J connectivity index is 2.75. The Bertz CT molecular complexity index is 351. The van der Waals surface area contributed by atoms with E-state index in [-0.39, 0.29) is 5.95 Å². The Morgan fingerprint density at radius 3 is 2.19 bits per heavy atom. The minimum absolute atomic E-state index is 0.0774. The van der Waals surface area contributed by atoms with E-state index < -0.39 is 12.7 Å². The zero-order valence-corrected chi connectivity index (χ0v) is 9.10. The topological polar surface area (TPSA) is 50.7 Å². The van der Waals surface area contributed by atoms with E-state index in [2.05, 4.69) is 20.5 Å². The third-order valence-corrected chi connectivity index (χ3v) is 1.96. The van der Waals surface area contributed by atoms with Crippen LogP contribution in [0, 0.1) is 0 Å². The highest BCUT2D eigenvalue weighted by Crippen LogP contribution is 2.15. The molecule has 0 atom stereocenters. The van der Waals surface area contributed by atoms with Gasteiger partial charge in [0.1, 0.15) is 6.54 Å². The van der Waals surface area contributed by atoms with Gasteiger partial charge in [-0.2, -0.15) is 18.3 Å². The van der Waals surface area contributed by atoms with Crippen LogP contribution in [0.15, 0.2) is 0 Å². The van der Waals surface area contributed by atoms with Gasteiger partial charge in [-0.3, -0.25) is 0 Å². The summed E-state index contributed by atoms with van der Waals surface area (Å²) < 4.78 is 35.8. The van der Waals surface area contributed by atoms with E-state index in [1.807, 2.05) is 13.8 Å². The van der Waals surface area contributed by atoms with Crippen molar-refractivity contribution >= 4 is 5.95 Å². The number of anilines is 1. The van der Waals surface area contributed by atoms with Crippen LogP contribution in [0.25, 0.3) is 0 Å². The highest BCUT2D eigenvalue weighted by molar-refractivity contribution is 5.25. The zero-order chi connectivity index (χ0) is 12.2. The smallest absolute Gasteiger partial charge is 0.344 e. The number of nitrogens with one attached hydrogen (secondary N) is 1. The molecule has 0 bridgehead atoms. The Labute approximate surface area is 91.3 Å². The van der Waals surface area contributed by atoms with E-state index in [1.165, 1.54) is 0 Å². The second-order valence-corrected chi connectivity index (χ2v) is 3.20. The molecule has 1 N–H and O–H groups in total. The number of aryl methyl sites for hydroxylation is 2. The number of halogens is 3. The van der Waals surface area contributed by atoms with Crippen LogP contribution in [0.1, 0.15) is 25.2 Å². The van der Waals surface area contributed by atoms with Gasteiger partial charge in [-0.15, -0.1) is 5.10 Å². The van der Waals surface area contributed by atoms with Crippen molar-refractivity contribution in [3.8, 4) is 0 Å². The second kappa shape index (κ2) is 5.09. The molecule has 0 aliphatic rings. The van der Waals surface area contributed by atoms with Crippen molar-refractivity contribution in [3.63, 3.8) is 0 Å². The van der Waals surface area contributed by atoms with Crippen LogP contribution in [0.5, 0.6) is 0 Å². The molecule has 4 nitrogen and oxygen atoms in total. The van der Waals surface area contributed by atoms with Crippen molar-refractivity contribution < 1.29 is 13.2 Å². The molecule has 0 spiro atoms.